The van der Waals surface area contributed by atoms with Crippen LogP contribution >= 0.6 is 0 Å². The van der Waals surface area contributed by atoms with Crippen LogP contribution in [0.1, 0.15) is 32.9 Å². The van der Waals surface area contributed by atoms with E-state index in [2.05, 4.69) is 25.8 Å². The summed E-state index contributed by atoms with van der Waals surface area (Å²) in [6, 6.07) is 3.75. The van der Waals surface area contributed by atoms with Crippen molar-refractivity contribution >= 4 is 5.91 Å². The van der Waals surface area contributed by atoms with Crippen molar-refractivity contribution in [1.29, 1.82) is 0 Å². The molecule has 5 nitrogen and oxygen atoms in total. The summed E-state index contributed by atoms with van der Waals surface area (Å²) in [6.45, 7) is 6.40. The number of hydrogen-bond acceptors (Lipinski definition) is 4. The Morgan fingerprint density at radius 1 is 1.41 bits per heavy atom. The van der Waals surface area contributed by atoms with Gasteiger partial charge >= 0.3 is 0 Å². The minimum Gasteiger partial charge on any atom is -0.497 e. The first-order valence-electron chi connectivity index (χ1n) is 7.55. The summed E-state index contributed by atoms with van der Waals surface area (Å²) in [5, 5.41) is 0. The summed E-state index contributed by atoms with van der Waals surface area (Å²) in [6.07, 6.45) is 2.80. The normalized spacial score (nSPS) is 26.2. The van der Waals surface area contributed by atoms with E-state index in [1.54, 1.807) is 32.5 Å². The fraction of sp³-hybridized carbons (Fsp3) is 0.647. The lowest BCUT2D eigenvalue weighted by molar-refractivity contribution is -0.207. The van der Waals surface area contributed by atoms with Crippen molar-refractivity contribution in [2.75, 3.05) is 21.3 Å². The molecule has 0 radical (unpaired) electrons. The molecule has 1 saturated carbocycles. The highest BCUT2D eigenvalue weighted by molar-refractivity contribution is 5.78. The molecule has 1 aromatic rings. The number of carbonyl (C=O) groups is 1. The van der Waals surface area contributed by atoms with Crippen molar-refractivity contribution in [1.82, 2.24) is 9.88 Å². The number of amides is 1. The Kier molecular flexibility index (Phi) is 4.47. The van der Waals surface area contributed by atoms with E-state index in [1.807, 2.05) is 11.9 Å². The molecule has 1 fully saturated rings. The number of methoxy groups -OCH3 is 2. The standard InChI is InChI=1S/C17H26N2O3/c1-16(2)14(11-17(16,3)22-6)19(4)15(20)10-12-9-13(21-5)7-8-18-12/h7-9,14H,10-11H2,1-6H3. The zero-order valence-corrected chi connectivity index (χ0v) is 14.3. The third-order valence-electron chi connectivity index (χ3n) is 5.45. The van der Waals surface area contributed by atoms with E-state index < -0.39 is 0 Å². The average Bonchev–Trinajstić information content (AvgIpc) is 2.51. The number of hydrogen-bond donors (Lipinski definition) is 0. The molecular formula is C17H26N2O3. The Labute approximate surface area is 132 Å². The Morgan fingerprint density at radius 3 is 2.64 bits per heavy atom. The fourth-order valence-corrected chi connectivity index (χ4v) is 3.21. The van der Waals surface area contributed by atoms with Crippen molar-refractivity contribution in [3.63, 3.8) is 0 Å². The number of likely N-dealkylation sites (N-methyl/N-ethyl adjacent to an activating group) is 1. The van der Waals surface area contributed by atoms with Crippen LogP contribution in [-0.2, 0) is 16.0 Å². The van der Waals surface area contributed by atoms with E-state index in [4.69, 9.17) is 9.47 Å². The lowest BCUT2D eigenvalue weighted by atomic mass is 9.55. The van der Waals surface area contributed by atoms with Crippen LogP contribution in [0.3, 0.4) is 0 Å². The topological polar surface area (TPSA) is 51.7 Å². The molecule has 1 amide bonds. The molecule has 0 N–H and O–H groups in total. The Bertz CT molecular complexity index is 559. The monoisotopic (exact) mass is 306 g/mol. The van der Waals surface area contributed by atoms with Gasteiger partial charge in [-0.15, -0.1) is 0 Å². The second-order valence-electron chi connectivity index (χ2n) is 6.75. The van der Waals surface area contributed by atoms with Crippen LogP contribution in [0.4, 0.5) is 0 Å². The van der Waals surface area contributed by atoms with Crippen molar-refractivity contribution in [2.24, 2.45) is 5.41 Å². The second kappa shape index (κ2) is 5.88. The summed E-state index contributed by atoms with van der Waals surface area (Å²) in [5.41, 5.74) is 0.469. The van der Waals surface area contributed by atoms with Crippen LogP contribution in [0.25, 0.3) is 0 Å². The second-order valence-corrected chi connectivity index (χ2v) is 6.75. The first-order valence-corrected chi connectivity index (χ1v) is 7.55. The molecule has 0 saturated heterocycles. The largest absolute Gasteiger partial charge is 0.497 e. The lowest BCUT2D eigenvalue weighted by Crippen LogP contribution is -2.68. The maximum absolute atomic E-state index is 12.5. The van der Waals surface area contributed by atoms with Crippen molar-refractivity contribution in [2.45, 2.75) is 45.3 Å². The van der Waals surface area contributed by atoms with Crippen LogP contribution in [0, 0.1) is 5.41 Å². The molecule has 1 aliphatic carbocycles. The van der Waals surface area contributed by atoms with Crippen LogP contribution in [0.2, 0.25) is 0 Å². The van der Waals surface area contributed by atoms with Gasteiger partial charge in [0, 0.05) is 37.9 Å². The molecule has 2 unspecified atom stereocenters. The van der Waals surface area contributed by atoms with E-state index in [1.165, 1.54) is 0 Å². The van der Waals surface area contributed by atoms with E-state index in [9.17, 15) is 4.79 Å². The first kappa shape index (κ1) is 16.7. The molecule has 0 spiro atoms. The zero-order chi connectivity index (χ0) is 16.5. The fourth-order valence-electron chi connectivity index (χ4n) is 3.21. The minimum atomic E-state index is -0.180. The van der Waals surface area contributed by atoms with Crippen molar-refractivity contribution < 1.29 is 14.3 Å². The Morgan fingerprint density at radius 2 is 2.09 bits per heavy atom. The van der Waals surface area contributed by atoms with Gasteiger partial charge in [0.25, 0.3) is 0 Å². The summed E-state index contributed by atoms with van der Waals surface area (Å²) in [5.74, 6) is 0.786. The molecule has 0 aromatic carbocycles. The van der Waals surface area contributed by atoms with Gasteiger partial charge in [-0.25, -0.2) is 0 Å². The van der Waals surface area contributed by atoms with Gasteiger partial charge in [-0.3, -0.25) is 9.78 Å². The molecule has 2 rings (SSSR count). The molecule has 5 heteroatoms. The number of rotatable bonds is 5. The molecule has 0 aliphatic heterocycles. The van der Waals surface area contributed by atoms with Gasteiger partial charge in [0.1, 0.15) is 5.75 Å². The molecule has 1 aliphatic rings. The number of pyridine rings is 1. The molecule has 1 aromatic heterocycles. The van der Waals surface area contributed by atoms with Gasteiger partial charge in [0.15, 0.2) is 0 Å². The average molecular weight is 306 g/mol. The van der Waals surface area contributed by atoms with Crippen LogP contribution in [-0.4, -0.2) is 48.7 Å². The predicted molar refractivity (Wildman–Crippen MR) is 84.9 cm³/mol. The van der Waals surface area contributed by atoms with Gasteiger partial charge in [-0.05, 0) is 19.4 Å². The predicted octanol–water partition coefficient (Wildman–Crippen LogP) is 2.29. The summed E-state index contributed by atoms with van der Waals surface area (Å²) >= 11 is 0. The summed E-state index contributed by atoms with van der Waals surface area (Å²) < 4.78 is 10.8. The number of ether oxygens (including phenoxy) is 2. The van der Waals surface area contributed by atoms with E-state index in [0.29, 0.717) is 0 Å². The van der Waals surface area contributed by atoms with Gasteiger partial charge in [0.2, 0.25) is 5.91 Å². The summed E-state index contributed by atoms with van der Waals surface area (Å²) in [4.78, 5) is 18.6. The molecular weight excluding hydrogens is 280 g/mol. The van der Waals surface area contributed by atoms with Crippen LogP contribution in [0.5, 0.6) is 5.75 Å². The highest BCUT2D eigenvalue weighted by Crippen LogP contribution is 2.53. The molecule has 22 heavy (non-hydrogen) atoms. The van der Waals surface area contributed by atoms with E-state index in [-0.39, 0.29) is 29.4 Å². The molecule has 122 valence electrons. The maximum Gasteiger partial charge on any atom is 0.228 e. The summed E-state index contributed by atoms with van der Waals surface area (Å²) in [7, 11) is 5.21. The van der Waals surface area contributed by atoms with Crippen molar-refractivity contribution in [3.05, 3.63) is 24.0 Å². The number of carbonyl (C=O) groups excluding carboxylic acids is 1. The van der Waals surface area contributed by atoms with Gasteiger partial charge in [-0.2, -0.15) is 0 Å². The van der Waals surface area contributed by atoms with Crippen LogP contribution in [0.15, 0.2) is 18.3 Å². The third-order valence-corrected chi connectivity index (χ3v) is 5.45. The maximum atomic E-state index is 12.5. The molecule has 1 heterocycles. The first-order chi connectivity index (χ1) is 10.2. The zero-order valence-electron chi connectivity index (χ0n) is 14.3. The smallest absolute Gasteiger partial charge is 0.228 e. The Hall–Kier alpha value is -1.62. The molecule has 2 atom stereocenters. The number of aromatic nitrogens is 1. The van der Waals surface area contributed by atoms with E-state index in [0.717, 1.165) is 17.9 Å². The van der Waals surface area contributed by atoms with Gasteiger partial charge < -0.3 is 14.4 Å². The SMILES string of the molecule is COc1ccnc(CC(=O)N(C)C2CC(C)(OC)C2(C)C)c1. The van der Waals surface area contributed by atoms with Crippen LogP contribution < -0.4 is 4.74 Å². The highest BCUT2D eigenvalue weighted by atomic mass is 16.5. The minimum absolute atomic E-state index is 0.0666. The highest BCUT2D eigenvalue weighted by Gasteiger charge is 2.59. The third kappa shape index (κ3) is 2.70. The van der Waals surface area contributed by atoms with Gasteiger partial charge in [0.05, 0.1) is 24.8 Å². The van der Waals surface area contributed by atoms with Crippen molar-refractivity contribution in [3.8, 4) is 5.75 Å². The lowest BCUT2D eigenvalue weighted by Gasteiger charge is -2.61. The molecule has 0 bridgehead atoms. The quantitative estimate of drug-likeness (QED) is 0.837. The number of nitrogens with zero attached hydrogens (tertiary/aromatic N) is 2. The van der Waals surface area contributed by atoms with Gasteiger partial charge in [-0.1, -0.05) is 13.8 Å². The Balaban J connectivity index is 2.04. The van der Waals surface area contributed by atoms with E-state index >= 15 is 0 Å².